The molecule has 0 saturated carbocycles. The minimum Gasteiger partial charge on any atom is -0.407 e. The predicted molar refractivity (Wildman–Crippen MR) is 72.9 cm³/mol. The Morgan fingerprint density at radius 2 is 2.06 bits per heavy atom. The summed E-state index contributed by atoms with van der Waals surface area (Å²) >= 11 is 0. The van der Waals surface area contributed by atoms with E-state index < -0.39 is 10.8 Å². The van der Waals surface area contributed by atoms with Gasteiger partial charge in [0.1, 0.15) is 0 Å². The summed E-state index contributed by atoms with van der Waals surface area (Å²) in [5.74, 6) is 1.24. The van der Waals surface area contributed by atoms with Crippen molar-refractivity contribution in [1.29, 1.82) is 0 Å². The van der Waals surface area contributed by atoms with Crippen LogP contribution in [0.3, 0.4) is 0 Å². The van der Waals surface area contributed by atoms with Gasteiger partial charge in [-0.05, 0) is 13.3 Å². The monoisotopic (exact) mass is 274 g/mol. The molecule has 6 nitrogen and oxygen atoms in total. The number of aromatic nitrogens is 2. The van der Waals surface area contributed by atoms with E-state index in [1.807, 2.05) is 6.92 Å². The van der Waals surface area contributed by atoms with Crippen molar-refractivity contribution in [2.75, 3.05) is 17.3 Å². The highest BCUT2D eigenvalue weighted by molar-refractivity contribution is 7.84. The summed E-state index contributed by atoms with van der Waals surface area (Å²) in [6, 6.07) is 0.969. The summed E-state index contributed by atoms with van der Waals surface area (Å²) in [6.45, 7) is 6.69. The lowest BCUT2D eigenvalue weighted by Gasteiger charge is -2.10. The van der Waals surface area contributed by atoms with E-state index in [1.54, 1.807) is 6.26 Å². The molecule has 0 amide bonds. The summed E-state index contributed by atoms with van der Waals surface area (Å²) in [5, 5.41) is 14.2. The van der Waals surface area contributed by atoms with E-state index in [-0.39, 0.29) is 6.04 Å². The van der Waals surface area contributed by atoms with Gasteiger partial charge in [-0.15, -0.1) is 5.10 Å². The largest absolute Gasteiger partial charge is 0.407 e. The second kappa shape index (κ2) is 7.48. The Kier molecular flexibility index (Phi) is 6.28. The zero-order valence-electron chi connectivity index (χ0n) is 11.4. The topological polar surface area (TPSA) is 80.0 Å². The zero-order valence-corrected chi connectivity index (χ0v) is 12.2. The van der Waals surface area contributed by atoms with E-state index in [2.05, 4.69) is 34.7 Å². The molecule has 0 aromatic carbocycles. The molecule has 2 atom stereocenters. The molecule has 0 aliphatic carbocycles. The molecule has 2 N–H and O–H groups in total. The molecule has 1 aromatic rings. The Morgan fingerprint density at radius 1 is 1.33 bits per heavy atom. The van der Waals surface area contributed by atoms with Crippen molar-refractivity contribution in [3.8, 4) is 0 Å². The van der Waals surface area contributed by atoms with Crippen LogP contribution in [0.2, 0.25) is 0 Å². The lowest BCUT2D eigenvalue weighted by Crippen LogP contribution is -2.21. The summed E-state index contributed by atoms with van der Waals surface area (Å²) < 4.78 is 16.4. The Balaban J connectivity index is 2.36. The van der Waals surface area contributed by atoms with Crippen LogP contribution in [0.25, 0.3) is 0 Å². The first-order valence-corrected chi connectivity index (χ1v) is 7.82. The average Bonchev–Trinajstić information content (AvgIpc) is 2.71. The Labute approximate surface area is 110 Å². The molecule has 1 rings (SSSR count). The molecule has 0 bridgehead atoms. The number of nitrogens with one attached hydrogen (secondary N) is 2. The summed E-state index contributed by atoms with van der Waals surface area (Å²) in [7, 11) is -0.764. The van der Waals surface area contributed by atoms with Crippen molar-refractivity contribution in [3.05, 3.63) is 5.89 Å². The third-order valence-electron chi connectivity index (χ3n) is 2.34. The molecule has 0 radical (unpaired) electrons. The van der Waals surface area contributed by atoms with Crippen LogP contribution in [0, 0.1) is 0 Å². The molecular weight excluding hydrogens is 252 g/mol. The van der Waals surface area contributed by atoms with E-state index in [4.69, 9.17) is 4.42 Å². The third-order valence-corrected chi connectivity index (χ3v) is 3.15. The summed E-state index contributed by atoms with van der Waals surface area (Å²) in [6.07, 6.45) is 2.51. The van der Waals surface area contributed by atoms with Crippen LogP contribution >= 0.6 is 0 Å². The Bertz CT molecular complexity index is 381. The van der Waals surface area contributed by atoms with Gasteiger partial charge in [-0.2, -0.15) is 0 Å². The lowest BCUT2D eigenvalue weighted by atomic mass is 10.3. The van der Waals surface area contributed by atoms with Crippen LogP contribution in [0.4, 0.5) is 6.01 Å². The molecule has 0 spiro atoms. The highest BCUT2D eigenvalue weighted by Gasteiger charge is 2.09. The van der Waals surface area contributed by atoms with E-state index in [1.165, 1.54) is 0 Å². The van der Waals surface area contributed by atoms with Crippen molar-refractivity contribution >= 4 is 16.8 Å². The van der Waals surface area contributed by atoms with E-state index in [0.29, 0.717) is 30.2 Å². The normalized spacial score (nSPS) is 14.7. The summed E-state index contributed by atoms with van der Waals surface area (Å²) in [4.78, 5) is 0. The first-order chi connectivity index (χ1) is 8.47. The third kappa shape index (κ3) is 6.11. The van der Waals surface area contributed by atoms with Gasteiger partial charge in [0.15, 0.2) is 0 Å². The number of hydrogen-bond donors (Lipinski definition) is 2. The number of rotatable bonds is 8. The first kappa shape index (κ1) is 15.1. The van der Waals surface area contributed by atoms with Gasteiger partial charge in [-0.1, -0.05) is 18.9 Å². The minimum absolute atomic E-state index is 0.167. The number of nitrogens with zero attached hydrogens (tertiary/aromatic N) is 2. The molecule has 2 unspecified atom stereocenters. The van der Waals surface area contributed by atoms with Crippen molar-refractivity contribution in [3.63, 3.8) is 0 Å². The second-order valence-electron chi connectivity index (χ2n) is 4.65. The average molecular weight is 274 g/mol. The van der Waals surface area contributed by atoms with Gasteiger partial charge in [0.25, 0.3) is 0 Å². The molecule has 104 valence electrons. The van der Waals surface area contributed by atoms with Gasteiger partial charge in [-0.3, -0.25) is 4.21 Å². The highest BCUT2D eigenvalue weighted by Crippen LogP contribution is 2.08. The molecule has 18 heavy (non-hydrogen) atoms. The lowest BCUT2D eigenvalue weighted by molar-refractivity contribution is 0.455. The van der Waals surface area contributed by atoms with Crippen LogP contribution in [0.15, 0.2) is 4.42 Å². The van der Waals surface area contributed by atoms with Gasteiger partial charge in [0.2, 0.25) is 5.89 Å². The number of anilines is 1. The maximum Gasteiger partial charge on any atom is 0.315 e. The standard InChI is InChI=1S/C11H22N4O2S/c1-8(2)12-7-10-14-15-11(17-10)13-9(3)5-6-18(4)16/h8-9,12H,5-7H2,1-4H3,(H,13,15). The maximum atomic E-state index is 11.0. The smallest absolute Gasteiger partial charge is 0.315 e. The fourth-order valence-corrected chi connectivity index (χ4v) is 1.99. The molecule has 1 heterocycles. The molecule has 7 heteroatoms. The number of hydrogen-bond acceptors (Lipinski definition) is 6. The highest BCUT2D eigenvalue weighted by atomic mass is 32.2. The molecule has 0 aliphatic heterocycles. The van der Waals surface area contributed by atoms with Crippen LogP contribution in [-0.4, -0.2) is 38.5 Å². The van der Waals surface area contributed by atoms with Gasteiger partial charge < -0.3 is 15.1 Å². The van der Waals surface area contributed by atoms with Crippen molar-refractivity contribution in [2.24, 2.45) is 0 Å². The van der Waals surface area contributed by atoms with Crippen molar-refractivity contribution in [1.82, 2.24) is 15.5 Å². The summed E-state index contributed by atoms with van der Waals surface area (Å²) in [5.41, 5.74) is 0. The van der Waals surface area contributed by atoms with Gasteiger partial charge in [0.05, 0.1) is 6.54 Å². The second-order valence-corrected chi connectivity index (χ2v) is 6.20. The maximum absolute atomic E-state index is 11.0. The fraction of sp³-hybridized carbons (Fsp3) is 0.818. The molecule has 0 aliphatic rings. The molecule has 0 fully saturated rings. The molecule has 1 aromatic heterocycles. The Hall–Kier alpha value is -0.950. The van der Waals surface area contributed by atoms with Crippen LogP contribution in [-0.2, 0) is 17.3 Å². The van der Waals surface area contributed by atoms with Crippen LogP contribution in [0.1, 0.15) is 33.1 Å². The van der Waals surface area contributed by atoms with Gasteiger partial charge >= 0.3 is 6.01 Å². The minimum atomic E-state index is -0.764. The fourth-order valence-electron chi connectivity index (χ4n) is 1.30. The Morgan fingerprint density at radius 3 is 2.67 bits per heavy atom. The molecule has 0 saturated heterocycles. The molecular formula is C11H22N4O2S. The quantitative estimate of drug-likeness (QED) is 0.740. The first-order valence-electron chi connectivity index (χ1n) is 6.09. The van der Waals surface area contributed by atoms with E-state index in [0.717, 1.165) is 6.42 Å². The van der Waals surface area contributed by atoms with Gasteiger partial charge in [-0.25, -0.2) is 0 Å². The van der Waals surface area contributed by atoms with Crippen molar-refractivity contribution < 1.29 is 8.63 Å². The van der Waals surface area contributed by atoms with E-state index in [9.17, 15) is 4.21 Å². The SMILES string of the molecule is CC(C)NCc1nnc(NC(C)CCS(C)=O)o1. The van der Waals surface area contributed by atoms with E-state index >= 15 is 0 Å². The van der Waals surface area contributed by atoms with Gasteiger partial charge in [0, 0.05) is 34.9 Å². The van der Waals surface area contributed by atoms with Crippen LogP contribution in [0.5, 0.6) is 0 Å². The predicted octanol–water partition coefficient (Wildman–Crippen LogP) is 1.14. The zero-order chi connectivity index (χ0) is 13.5. The van der Waals surface area contributed by atoms with Crippen LogP contribution < -0.4 is 10.6 Å². The van der Waals surface area contributed by atoms with Crippen molar-refractivity contribution in [2.45, 2.75) is 45.8 Å².